The third-order valence-corrected chi connectivity index (χ3v) is 8.73. The van der Waals surface area contributed by atoms with Crippen molar-refractivity contribution in [2.24, 2.45) is 0 Å². The van der Waals surface area contributed by atoms with Crippen LogP contribution >= 0.6 is 11.3 Å². The second-order valence-corrected chi connectivity index (χ2v) is 11.6. The number of nitrogen functional groups attached to an aromatic ring is 1. The van der Waals surface area contributed by atoms with Crippen molar-refractivity contribution < 1.29 is 13.5 Å². The van der Waals surface area contributed by atoms with Crippen LogP contribution in [-0.4, -0.2) is 72.1 Å². The average molecular weight is 553 g/mol. The topological polar surface area (TPSA) is 158 Å². The monoisotopic (exact) mass is 552 g/mol. The summed E-state index contributed by atoms with van der Waals surface area (Å²) in [7, 11) is -3.69. The lowest BCUT2D eigenvalue weighted by Crippen LogP contribution is -2.46. The van der Waals surface area contributed by atoms with Gasteiger partial charge in [0.25, 0.3) is 0 Å². The molecular weight excluding hydrogens is 524 g/mol. The van der Waals surface area contributed by atoms with Gasteiger partial charge < -0.3 is 26.8 Å². The molecule has 3 heterocycles. The van der Waals surface area contributed by atoms with Crippen molar-refractivity contribution in [2.45, 2.75) is 4.90 Å². The number of sulfonamides is 1. The molecule has 6 N–H and O–H groups in total. The Kier molecular flexibility index (Phi) is 7.81. The number of thiazole rings is 1. The van der Waals surface area contributed by atoms with Gasteiger partial charge in [-0.3, -0.25) is 0 Å². The van der Waals surface area contributed by atoms with Gasteiger partial charge in [0.05, 0.1) is 22.5 Å². The third kappa shape index (κ3) is 5.92. The zero-order valence-corrected chi connectivity index (χ0v) is 22.1. The van der Waals surface area contributed by atoms with Crippen LogP contribution in [0, 0.1) is 0 Å². The van der Waals surface area contributed by atoms with Crippen LogP contribution in [-0.2, 0) is 10.0 Å². The van der Waals surface area contributed by atoms with E-state index < -0.39 is 10.0 Å². The first-order valence-corrected chi connectivity index (χ1v) is 14.3. The Morgan fingerprint density at radius 1 is 1.08 bits per heavy atom. The van der Waals surface area contributed by atoms with Crippen LogP contribution in [0.3, 0.4) is 0 Å². The molecule has 2 aromatic carbocycles. The molecule has 0 aliphatic carbocycles. The summed E-state index contributed by atoms with van der Waals surface area (Å²) < 4.78 is 29.0. The van der Waals surface area contributed by atoms with Crippen molar-refractivity contribution in [3.8, 4) is 0 Å². The van der Waals surface area contributed by atoms with Gasteiger partial charge in [0.15, 0.2) is 5.13 Å². The molecule has 0 amide bonds. The molecule has 198 valence electrons. The van der Waals surface area contributed by atoms with Gasteiger partial charge >= 0.3 is 0 Å². The van der Waals surface area contributed by atoms with E-state index in [0.717, 1.165) is 21.3 Å². The van der Waals surface area contributed by atoms with Crippen molar-refractivity contribution in [1.82, 2.24) is 24.6 Å². The lowest BCUT2D eigenvalue weighted by atomic mass is 10.2. The summed E-state index contributed by atoms with van der Waals surface area (Å²) in [6.07, 6.45) is 7.28. The molecule has 0 unspecified atom stereocenters. The van der Waals surface area contributed by atoms with Gasteiger partial charge in [-0.25, -0.2) is 23.4 Å². The molecular formula is C25H28N8O3S2. The van der Waals surface area contributed by atoms with E-state index in [1.807, 2.05) is 30.4 Å². The number of nitrogens with one attached hydrogen (secondary N) is 3. The van der Waals surface area contributed by atoms with Gasteiger partial charge in [-0.1, -0.05) is 29.6 Å². The van der Waals surface area contributed by atoms with Crippen LogP contribution in [0.15, 0.2) is 53.7 Å². The Bertz CT molecular complexity index is 1550. The van der Waals surface area contributed by atoms with E-state index in [0.29, 0.717) is 48.6 Å². The van der Waals surface area contributed by atoms with Gasteiger partial charge in [0.2, 0.25) is 16.0 Å². The third-order valence-electron chi connectivity index (χ3n) is 5.93. The smallest absolute Gasteiger partial charge is 0.245 e. The van der Waals surface area contributed by atoms with Crippen LogP contribution in [0.5, 0.6) is 0 Å². The van der Waals surface area contributed by atoms with Gasteiger partial charge in [0, 0.05) is 56.4 Å². The number of rotatable bonds is 9. The summed E-state index contributed by atoms with van der Waals surface area (Å²) in [4.78, 5) is 13.2. The highest BCUT2D eigenvalue weighted by molar-refractivity contribution is 7.89. The van der Waals surface area contributed by atoms with Crippen LogP contribution in [0.4, 0.5) is 22.5 Å². The van der Waals surface area contributed by atoms with Crippen molar-refractivity contribution in [3.63, 3.8) is 0 Å². The normalized spacial score (nSPS) is 14.8. The van der Waals surface area contributed by atoms with Crippen molar-refractivity contribution in [2.75, 3.05) is 55.7 Å². The molecule has 0 bridgehead atoms. The first-order valence-electron chi connectivity index (χ1n) is 12.1. The van der Waals surface area contributed by atoms with E-state index in [1.54, 1.807) is 30.6 Å². The maximum absolute atomic E-state index is 13.2. The molecule has 1 aliphatic heterocycles. The Morgan fingerprint density at radius 2 is 1.84 bits per heavy atom. The summed E-state index contributed by atoms with van der Waals surface area (Å²) in [5, 5.41) is 19.1. The Balaban J connectivity index is 1.30. The highest BCUT2D eigenvalue weighted by Gasteiger charge is 2.28. The molecule has 38 heavy (non-hydrogen) atoms. The molecule has 4 aromatic rings. The minimum absolute atomic E-state index is 0.130. The molecule has 0 spiro atoms. The summed E-state index contributed by atoms with van der Waals surface area (Å²) in [6.45, 7) is 2.12. The SMILES string of the molecule is Nc1nc2ccc(/C=C/c3cnc(Nc4ccc(S(=O)(=O)N5CCNCC5)c(NCCO)c4)nc3)cc2s1. The van der Waals surface area contributed by atoms with Crippen molar-refractivity contribution in [3.05, 3.63) is 59.9 Å². The standard InChI is InChI=1S/C25H28N8O3S2/c26-24-32-20-5-3-17(13-22(20)37-24)1-2-18-15-29-25(30-16-18)31-19-4-6-23(21(14-19)28-9-12-34)38(35,36)33-10-7-27-8-11-33/h1-6,13-16,27-28,34H,7-12H2,(H2,26,32)(H,29,30,31)/b2-1+. The highest BCUT2D eigenvalue weighted by atomic mass is 32.2. The average Bonchev–Trinajstić information content (AvgIpc) is 3.31. The number of piperazine rings is 1. The fraction of sp³-hybridized carbons (Fsp3) is 0.240. The first-order chi connectivity index (χ1) is 18.4. The molecule has 0 saturated carbocycles. The second-order valence-electron chi connectivity index (χ2n) is 8.59. The molecule has 5 rings (SSSR count). The number of hydrogen-bond acceptors (Lipinski definition) is 11. The molecule has 0 atom stereocenters. The number of anilines is 4. The summed E-state index contributed by atoms with van der Waals surface area (Å²) in [5.41, 5.74) is 9.52. The number of benzene rings is 2. The number of fused-ring (bicyclic) bond motifs is 1. The maximum atomic E-state index is 13.2. The molecule has 0 radical (unpaired) electrons. The lowest BCUT2D eigenvalue weighted by molar-refractivity contribution is 0.311. The second kappa shape index (κ2) is 11.4. The van der Waals surface area contributed by atoms with Crippen molar-refractivity contribution in [1.29, 1.82) is 0 Å². The van der Waals surface area contributed by atoms with E-state index in [1.165, 1.54) is 15.6 Å². The predicted molar refractivity (Wildman–Crippen MR) is 152 cm³/mol. The number of aliphatic hydroxyl groups excluding tert-OH is 1. The lowest BCUT2D eigenvalue weighted by Gasteiger charge is -2.27. The van der Waals surface area contributed by atoms with Gasteiger partial charge in [-0.2, -0.15) is 4.31 Å². The number of aromatic nitrogens is 3. The fourth-order valence-corrected chi connectivity index (χ4v) is 6.43. The Labute approximate surface area is 224 Å². The van der Waals surface area contributed by atoms with Gasteiger partial charge in [-0.05, 0) is 35.9 Å². The number of nitrogens with two attached hydrogens (primary N) is 1. The number of aliphatic hydroxyl groups is 1. The van der Waals surface area contributed by atoms with Crippen LogP contribution < -0.4 is 21.7 Å². The van der Waals surface area contributed by atoms with E-state index in [4.69, 9.17) is 5.73 Å². The van der Waals surface area contributed by atoms with Gasteiger partial charge in [-0.15, -0.1) is 0 Å². The van der Waals surface area contributed by atoms with E-state index in [2.05, 4.69) is 30.9 Å². The van der Waals surface area contributed by atoms with Crippen LogP contribution in [0.25, 0.3) is 22.4 Å². The molecule has 1 fully saturated rings. The molecule has 1 saturated heterocycles. The molecule has 13 heteroatoms. The molecule has 2 aromatic heterocycles. The Hall–Kier alpha value is -3.62. The quantitative estimate of drug-likeness (QED) is 0.209. The summed E-state index contributed by atoms with van der Waals surface area (Å²) >= 11 is 1.45. The van der Waals surface area contributed by atoms with E-state index >= 15 is 0 Å². The summed E-state index contributed by atoms with van der Waals surface area (Å²) in [5.74, 6) is 0.370. The largest absolute Gasteiger partial charge is 0.395 e. The predicted octanol–water partition coefficient (Wildman–Crippen LogP) is 2.58. The fourth-order valence-electron chi connectivity index (χ4n) is 4.06. The minimum atomic E-state index is -3.69. The maximum Gasteiger partial charge on any atom is 0.245 e. The number of nitrogens with zero attached hydrogens (tertiary/aromatic N) is 4. The van der Waals surface area contributed by atoms with Crippen LogP contribution in [0.1, 0.15) is 11.1 Å². The molecule has 11 nitrogen and oxygen atoms in total. The van der Waals surface area contributed by atoms with E-state index in [9.17, 15) is 13.5 Å². The van der Waals surface area contributed by atoms with E-state index in [-0.39, 0.29) is 18.0 Å². The minimum Gasteiger partial charge on any atom is -0.395 e. The zero-order chi connectivity index (χ0) is 26.5. The number of hydrogen-bond donors (Lipinski definition) is 5. The van der Waals surface area contributed by atoms with Crippen molar-refractivity contribution >= 4 is 66.2 Å². The highest BCUT2D eigenvalue weighted by Crippen LogP contribution is 2.29. The van der Waals surface area contributed by atoms with Gasteiger partial charge in [0.1, 0.15) is 4.90 Å². The summed E-state index contributed by atoms with van der Waals surface area (Å²) in [6, 6.07) is 10.9. The zero-order valence-electron chi connectivity index (χ0n) is 20.5. The van der Waals surface area contributed by atoms with Crippen LogP contribution in [0.2, 0.25) is 0 Å². The Morgan fingerprint density at radius 3 is 2.61 bits per heavy atom. The molecule has 1 aliphatic rings. The first kappa shape index (κ1) is 26.0.